The second kappa shape index (κ2) is 14.2. The molecule has 0 spiro atoms. The standard InChI is InChI=1S/C20H36O19S/c1-32-16-9(23)6(3-21)35-19(13(16)27)39-17-10(24)7(4-22)36-20(14(17)28)38-15-8(5-34-40(29,30)31)37-18(33-2)12(26)11(15)25/h6-28H,3-5H2,1-2H3,(H,29,30,31)/t6?,7?,8-,9+,10+,11?,12?,13?,14?,15-,16+,17+,18-,19+,20+/m1/s1. The van der Waals surface area contributed by atoms with E-state index in [4.69, 9.17) is 37.7 Å². The number of methoxy groups -OCH3 is 2. The average molecular weight is 613 g/mol. The fourth-order valence-electron chi connectivity index (χ4n) is 4.64. The van der Waals surface area contributed by atoms with Crippen LogP contribution in [0.2, 0.25) is 0 Å². The predicted molar refractivity (Wildman–Crippen MR) is 121 cm³/mol. The third kappa shape index (κ3) is 7.42. The molecule has 3 saturated heterocycles. The SMILES string of the molecule is CO[C@@H]1O[C@H](COS(=O)(=O)O)[C@@H](O[C@@H]2OC(CO)[C@H](O)[C@H](O[C@@H]3OC(CO)[C@H](O)[C@H](OC)C3O)C2O)C(O)C1O. The van der Waals surface area contributed by atoms with Crippen LogP contribution < -0.4 is 0 Å². The highest BCUT2D eigenvalue weighted by Crippen LogP contribution is 2.33. The summed E-state index contributed by atoms with van der Waals surface area (Å²) in [4.78, 5) is 0. The quantitative estimate of drug-likeness (QED) is 0.0980. The number of hydrogen-bond acceptors (Lipinski definition) is 18. The molecule has 0 aromatic carbocycles. The van der Waals surface area contributed by atoms with E-state index in [1.807, 2.05) is 0 Å². The van der Waals surface area contributed by atoms with Gasteiger partial charge in [0.2, 0.25) is 0 Å². The van der Waals surface area contributed by atoms with Crippen molar-refractivity contribution in [1.29, 1.82) is 0 Å². The number of aliphatic hydroxyl groups excluding tert-OH is 8. The lowest BCUT2D eigenvalue weighted by Crippen LogP contribution is -2.67. The molecule has 0 radical (unpaired) electrons. The highest BCUT2D eigenvalue weighted by molar-refractivity contribution is 7.80. The van der Waals surface area contributed by atoms with Gasteiger partial charge in [0.05, 0.1) is 19.8 Å². The molecule has 3 fully saturated rings. The van der Waals surface area contributed by atoms with Crippen molar-refractivity contribution in [1.82, 2.24) is 0 Å². The third-order valence-corrected chi connectivity index (χ3v) is 7.19. The van der Waals surface area contributed by atoms with Crippen molar-refractivity contribution in [3.8, 4) is 0 Å². The van der Waals surface area contributed by atoms with Crippen LogP contribution in [0, 0.1) is 0 Å². The maximum Gasteiger partial charge on any atom is 0.397 e. The Morgan fingerprint density at radius 2 is 1.07 bits per heavy atom. The first-order chi connectivity index (χ1) is 18.8. The van der Waals surface area contributed by atoms with Crippen molar-refractivity contribution in [2.75, 3.05) is 34.0 Å². The molecular formula is C20H36O19S. The van der Waals surface area contributed by atoms with Crippen LogP contribution in [-0.4, -0.2) is 180 Å². The lowest BCUT2D eigenvalue weighted by molar-refractivity contribution is -0.380. The molecule has 15 atom stereocenters. The fraction of sp³-hybridized carbons (Fsp3) is 1.00. The Labute approximate surface area is 228 Å². The second-order valence-corrected chi connectivity index (χ2v) is 10.4. The Morgan fingerprint density at radius 1 is 0.600 bits per heavy atom. The van der Waals surface area contributed by atoms with E-state index < -0.39 is 122 Å². The van der Waals surface area contributed by atoms with Crippen LogP contribution in [0.5, 0.6) is 0 Å². The van der Waals surface area contributed by atoms with Crippen LogP contribution in [0.4, 0.5) is 0 Å². The molecule has 0 amide bonds. The van der Waals surface area contributed by atoms with E-state index in [1.54, 1.807) is 0 Å². The van der Waals surface area contributed by atoms with E-state index in [-0.39, 0.29) is 0 Å². The zero-order valence-corrected chi connectivity index (χ0v) is 22.1. The summed E-state index contributed by atoms with van der Waals surface area (Å²) in [5.41, 5.74) is 0. The van der Waals surface area contributed by atoms with Gasteiger partial charge in [-0.1, -0.05) is 0 Å². The number of rotatable bonds is 11. The van der Waals surface area contributed by atoms with Gasteiger partial charge in [-0.2, -0.15) is 8.42 Å². The van der Waals surface area contributed by atoms with E-state index in [9.17, 15) is 49.3 Å². The molecule has 0 aliphatic carbocycles. The summed E-state index contributed by atoms with van der Waals surface area (Å²) >= 11 is 0. The molecule has 9 N–H and O–H groups in total. The van der Waals surface area contributed by atoms with Crippen molar-refractivity contribution in [2.45, 2.75) is 92.1 Å². The Morgan fingerprint density at radius 3 is 1.55 bits per heavy atom. The molecule has 40 heavy (non-hydrogen) atoms. The minimum atomic E-state index is -4.98. The van der Waals surface area contributed by atoms with Crippen molar-refractivity contribution in [2.24, 2.45) is 0 Å². The van der Waals surface area contributed by atoms with Crippen molar-refractivity contribution < 1.29 is 91.2 Å². The maximum atomic E-state index is 11.1. The highest BCUT2D eigenvalue weighted by atomic mass is 32.3. The van der Waals surface area contributed by atoms with Crippen LogP contribution in [0.15, 0.2) is 0 Å². The van der Waals surface area contributed by atoms with E-state index in [0.717, 1.165) is 7.11 Å². The summed E-state index contributed by atoms with van der Waals surface area (Å²) in [5.74, 6) is 0. The first kappa shape index (κ1) is 33.8. The van der Waals surface area contributed by atoms with Gasteiger partial charge in [0.1, 0.15) is 73.2 Å². The van der Waals surface area contributed by atoms with Crippen molar-refractivity contribution in [3.63, 3.8) is 0 Å². The maximum absolute atomic E-state index is 11.1. The average Bonchev–Trinajstić information content (AvgIpc) is 2.90. The molecule has 0 bridgehead atoms. The zero-order valence-electron chi connectivity index (χ0n) is 21.3. The van der Waals surface area contributed by atoms with E-state index in [2.05, 4.69) is 4.18 Å². The molecule has 6 unspecified atom stereocenters. The number of ether oxygens (including phenoxy) is 7. The van der Waals surface area contributed by atoms with Crippen LogP contribution in [0.1, 0.15) is 0 Å². The van der Waals surface area contributed by atoms with Crippen LogP contribution >= 0.6 is 0 Å². The molecule has 0 saturated carbocycles. The summed E-state index contributed by atoms with van der Waals surface area (Å²) in [6.07, 6.45) is -24.7. The fourth-order valence-corrected chi connectivity index (χ4v) is 4.94. The number of hydrogen-bond donors (Lipinski definition) is 9. The molecule has 3 aliphatic rings. The minimum Gasteiger partial charge on any atom is -0.394 e. The van der Waals surface area contributed by atoms with Gasteiger partial charge in [0.25, 0.3) is 0 Å². The molecule has 3 aliphatic heterocycles. The molecule has 20 heteroatoms. The molecule has 3 heterocycles. The van der Waals surface area contributed by atoms with Crippen molar-refractivity contribution >= 4 is 10.4 Å². The lowest BCUT2D eigenvalue weighted by Gasteiger charge is -2.48. The van der Waals surface area contributed by atoms with Gasteiger partial charge in [0.15, 0.2) is 18.9 Å². The Kier molecular flexibility index (Phi) is 12.0. The van der Waals surface area contributed by atoms with E-state index in [0.29, 0.717) is 0 Å². The van der Waals surface area contributed by atoms with Crippen molar-refractivity contribution in [3.05, 3.63) is 0 Å². The largest absolute Gasteiger partial charge is 0.397 e. The van der Waals surface area contributed by atoms with Crippen LogP contribution in [0.25, 0.3) is 0 Å². The topological polar surface area (TPSA) is 290 Å². The molecular weight excluding hydrogens is 576 g/mol. The summed E-state index contributed by atoms with van der Waals surface area (Å²) in [7, 11) is -2.70. The van der Waals surface area contributed by atoms with Crippen LogP contribution in [0.3, 0.4) is 0 Å². The van der Waals surface area contributed by atoms with E-state index in [1.165, 1.54) is 7.11 Å². The smallest absolute Gasteiger partial charge is 0.394 e. The number of aliphatic hydroxyl groups is 8. The van der Waals surface area contributed by atoms with Gasteiger partial charge in [-0.05, 0) is 0 Å². The van der Waals surface area contributed by atoms with Gasteiger partial charge in [-0.3, -0.25) is 4.55 Å². The summed E-state index contributed by atoms with van der Waals surface area (Å²) in [6, 6.07) is 0. The highest BCUT2D eigenvalue weighted by Gasteiger charge is 2.54. The van der Waals surface area contributed by atoms with Gasteiger partial charge >= 0.3 is 10.4 Å². The Bertz CT molecular complexity index is 893. The molecule has 19 nitrogen and oxygen atoms in total. The van der Waals surface area contributed by atoms with Crippen LogP contribution in [-0.2, 0) is 47.7 Å². The summed E-state index contributed by atoms with van der Waals surface area (Å²) < 4.78 is 72.7. The molecule has 0 aromatic heterocycles. The zero-order chi connectivity index (χ0) is 29.9. The molecule has 0 aromatic rings. The minimum absolute atomic E-state index is 0.713. The van der Waals surface area contributed by atoms with Gasteiger partial charge < -0.3 is 74.0 Å². The summed E-state index contributed by atoms with van der Waals surface area (Å²) in [6.45, 7) is -2.52. The molecule has 3 rings (SSSR count). The van der Waals surface area contributed by atoms with Gasteiger partial charge in [0, 0.05) is 14.2 Å². The first-order valence-electron chi connectivity index (χ1n) is 12.0. The summed E-state index contributed by atoms with van der Waals surface area (Å²) in [5, 5.41) is 82.7. The molecule has 236 valence electrons. The predicted octanol–water partition coefficient (Wildman–Crippen LogP) is -6.44. The lowest BCUT2D eigenvalue weighted by atomic mass is 9.96. The van der Waals surface area contributed by atoms with Gasteiger partial charge in [-0.15, -0.1) is 0 Å². The monoisotopic (exact) mass is 612 g/mol. The normalized spacial score (nSPS) is 46.8. The van der Waals surface area contributed by atoms with E-state index >= 15 is 0 Å². The Balaban J connectivity index is 1.83. The second-order valence-electron chi connectivity index (χ2n) is 9.29. The Hall–Kier alpha value is -0.730. The van der Waals surface area contributed by atoms with Gasteiger partial charge in [-0.25, -0.2) is 4.18 Å². The third-order valence-electron chi connectivity index (χ3n) is 6.75. The first-order valence-corrected chi connectivity index (χ1v) is 13.4.